The molecule has 0 radical (unpaired) electrons. The molecule has 0 unspecified atom stereocenters. The minimum Gasteiger partial charge on any atom is -0.352 e. The molecular formula is C19H17N3O2S. The van der Waals surface area contributed by atoms with E-state index in [2.05, 4.69) is 15.5 Å². The normalized spacial score (nSPS) is 10.9. The number of benzene rings is 2. The van der Waals surface area contributed by atoms with Gasteiger partial charge < -0.3 is 9.84 Å². The number of carbonyl (C=O) groups excluding carboxylic acids is 1. The van der Waals surface area contributed by atoms with Gasteiger partial charge in [0.1, 0.15) is 0 Å². The van der Waals surface area contributed by atoms with Crippen molar-refractivity contribution < 1.29 is 9.32 Å². The molecule has 0 spiro atoms. The molecule has 126 valence electrons. The first-order valence-electron chi connectivity index (χ1n) is 7.81. The predicted octanol–water partition coefficient (Wildman–Crippen LogP) is 3.66. The lowest BCUT2D eigenvalue weighted by molar-refractivity contribution is -0.118. The first-order chi connectivity index (χ1) is 12.3. The highest BCUT2D eigenvalue weighted by Crippen LogP contribution is 2.20. The van der Waals surface area contributed by atoms with Crippen LogP contribution in [-0.4, -0.2) is 28.3 Å². The van der Waals surface area contributed by atoms with Gasteiger partial charge >= 0.3 is 0 Å². The van der Waals surface area contributed by atoms with Crippen LogP contribution in [-0.2, 0) is 4.79 Å². The summed E-state index contributed by atoms with van der Waals surface area (Å²) in [6.07, 6.45) is 3.88. The molecule has 25 heavy (non-hydrogen) atoms. The molecule has 1 N–H and O–H groups in total. The number of nitrogens with zero attached hydrogens (tertiary/aromatic N) is 2. The van der Waals surface area contributed by atoms with Crippen molar-refractivity contribution in [2.75, 3.05) is 12.3 Å². The molecule has 2 aromatic carbocycles. The molecule has 0 saturated carbocycles. The third-order valence-corrected chi connectivity index (χ3v) is 4.11. The summed E-state index contributed by atoms with van der Waals surface area (Å²) in [4.78, 5) is 16.1. The second kappa shape index (κ2) is 8.84. The minimum absolute atomic E-state index is 0.0813. The van der Waals surface area contributed by atoms with Crippen LogP contribution < -0.4 is 5.32 Å². The fourth-order valence-electron chi connectivity index (χ4n) is 2.08. The molecule has 1 heterocycles. The molecule has 3 aromatic rings. The molecule has 0 aliphatic rings. The maximum atomic E-state index is 11.8. The first kappa shape index (κ1) is 17.0. The van der Waals surface area contributed by atoms with Crippen molar-refractivity contribution >= 4 is 23.7 Å². The van der Waals surface area contributed by atoms with Crippen molar-refractivity contribution in [3.05, 3.63) is 72.3 Å². The molecule has 0 fully saturated rings. The number of carbonyl (C=O) groups is 1. The van der Waals surface area contributed by atoms with Crippen LogP contribution in [0.5, 0.6) is 0 Å². The Morgan fingerprint density at radius 2 is 1.80 bits per heavy atom. The van der Waals surface area contributed by atoms with Gasteiger partial charge in [-0.05, 0) is 5.56 Å². The van der Waals surface area contributed by atoms with Crippen LogP contribution >= 0.6 is 11.8 Å². The van der Waals surface area contributed by atoms with E-state index in [4.69, 9.17) is 4.52 Å². The summed E-state index contributed by atoms with van der Waals surface area (Å²) in [6, 6.07) is 19.5. The summed E-state index contributed by atoms with van der Waals surface area (Å²) in [7, 11) is 0. The van der Waals surface area contributed by atoms with Crippen molar-refractivity contribution in [3.8, 4) is 11.4 Å². The van der Waals surface area contributed by atoms with Gasteiger partial charge in [0, 0.05) is 12.1 Å². The number of thioether (sulfide) groups is 1. The Morgan fingerprint density at radius 3 is 2.56 bits per heavy atom. The molecule has 0 saturated heterocycles. The topological polar surface area (TPSA) is 68.0 Å². The van der Waals surface area contributed by atoms with Crippen molar-refractivity contribution in [2.24, 2.45) is 0 Å². The highest BCUT2D eigenvalue weighted by Gasteiger charge is 2.10. The van der Waals surface area contributed by atoms with E-state index in [1.54, 1.807) is 0 Å². The minimum atomic E-state index is -0.0813. The lowest BCUT2D eigenvalue weighted by Crippen LogP contribution is -2.25. The van der Waals surface area contributed by atoms with Crippen LogP contribution in [0.4, 0.5) is 0 Å². The standard InChI is InChI=1S/C19H17N3O2S/c23-17(20-13-7-10-15-8-3-1-4-9-15)14-25-19-21-18(22-24-19)16-11-5-2-6-12-16/h1-12H,13-14H2,(H,20,23)/b10-7+. The van der Waals surface area contributed by atoms with E-state index in [1.165, 1.54) is 11.8 Å². The summed E-state index contributed by atoms with van der Waals surface area (Å²) in [5, 5.41) is 7.13. The number of rotatable bonds is 7. The van der Waals surface area contributed by atoms with Gasteiger partial charge in [0.2, 0.25) is 11.7 Å². The first-order valence-corrected chi connectivity index (χ1v) is 8.80. The van der Waals surface area contributed by atoms with E-state index in [-0.39, 0.29) is 11.7 Å². The van der Waals surface area contributed by atoms with Crippen molar-refractivity contribution in [2.45, 2.75) is 5.22 Å². The third-order valence-electron chi connectivity index (χ3n) is 3.29. The van der Waals surface area contributed by atoms with Crippen LogP contribution in [0.15, 0.2) is 76.5 Å². The number of amides is 1. The van der Waals surface area contributed by atoms with Crippen LogP contribution in [0.1, 0.15) is 5.56 Å². The summed E-state index contributed by atoms with van der Waals surface area (Å²) in [5.41, 5.74) is 1.99. The summed E-state index contributed by atoms with van der Waals surface area (Å²) >= 11 is 1.22. The van der Waals surface area contributed by atoms with Gasteiger partial charge in [0.05, 0.1) is 5.75 Å². The molecule has 5 nitrogen and oxygen atoms in total. The fraction of sp³-hybridized carbons (Fsp3) is 0.105. The number of nitrogens with one attached hydrogen (secondary N) is 1. The Balaban J connectivity index is 1.42. The van der Waals surface area contributed by atoms with Crippen LogP contribution in [0.3, 0.4) is 0 Å². The summed E-state index contributed by atoms with van der Waals surface area (Å²) < 4.78 is 5.16. The highest BCUT2D eigenvalue weighted by molar-refractivity contribution is 7.99. The Morgan fingerprint density at radius 1 is 1.08 bits per heavy atom. The lowest BCUT2D eigenvalue weighted by Gasteiger charge is -1.99. The Hall–Kier alpha value is -2.86. The molecule has 0 aliphatic carbocycles. The number of aromatic nitrogens is 2. The summed E-state index contributed by atoms with van der Waals surface area (Å²) in [5.74, 6) is 0.673. The van der Waals surface area contributed by atoms with Crippen LogP contribution in [0.25, 0.3) is 17.5 Å². The van der Waals surface area contributed by atoms with E-state index < -0.39 is 0 Å². The van der Waals surface area contributed by atoms with Crippen molar-refractivity contribution in [1.29, 1.82) is 0 Å². The average Bonchev–Trinajstić information content (AvgIpc) is 3.14. The molecule has 1 aromatic heterocycles. The van der Waals surface area contributed by atoms with E-state index in [9.17, 15) is 4.79 Å². The largest absolute Gasteiger partial charge is 0.352 e. The molecule has 0 aliphatic heterocycles. The second-order valence-corrected chi connectivity index (χ2v) is 6.08. The molecule has 6 heteroatoms. The maximum Gasteiger partial charge on any atom is 0.286 e. The van der Waals surface area contributed by atoms with Gasteiger partial charge in [0.15, 0.2) is 0 Å². The monoisotopic (exact) mass is 351 g/mol. The average molecular weight is 351 g/mol. The van der Waals surface area contributed by atoms with Gasteiger partial charge in [-0.25, -0.2) is 0 Å². The Kier molecular flexibility index (Phi) is 6.01. The van der Waals surface area contributed by atoms with Crippen molar-refractivity contribution in [1.82, 2.24) is 15.5 Å². The van der Waals surface area contributed by atoms with Gasteiger partial charge in [-0.1, -0.05) is 89.7 Å². The van der Waals surface area contributed by atoms with E-state index in [0.29, 0.717) is 17.6 Å². The quantitative estimate of drug-likeness (QED) is 0.658. The lowest BCUT2D eigenvalue weighted by atomic mass is 10.2. The van der Waals surface area contributed by atoms with E-state index in [1.807, 2.05) is 72.8 Å². The van der Waals surface area contributed by atoms with Crippen molar-refractivity contribution in [3.63, 3.8) is 0 Å². The Labute approximate surface area is 150 Å². The number of hydrogen-bond acceptors (Lipinski definition) is 5. The zero-order valence-electron chi connectivity index (χ0n) is 13.5. The molecule has 0 atom stereocenters. The predicted molar refractivity (Wildman–Crippen MR) is 98.9 cm³/mol. The molecular weight excluding hydrogens is 334 g/mol. The molecule has 1 amide bonds. The SMILES string of the molecule is O=C(CSc1nc(-c2ccccc2)no1)NC/C=C/c1ccccc1. The zero-order valence-corrected chi connectivity index (χ0v) is 14.3. The number of hydrogen-bond donors (Lipinski definition) is 1. The second-order valence-electron chi connectivity index (χ2n) is 5.16. The third kappa shape index (κ3) is 5.32. The van der Waals surface area contributed by atoms with E-state index >= 15 is 0 Å². The van der Waals surface area contributed by atoms with E-state index in [0.717, 1.165) is 11.1 Å². The smallest absolute Gasteiger partial charge is 0.286 e. The summed E-state index contributed by atoms with van der Waals surface area (Å²) in [6.45, 7) is 0.480. The van der Waals surface area contributed by atoms with Gasteiger partial charge in [0.25, 0.3) is 5.22 Å². The maximum absolute atomic E-state index is 11.8. The Bertz CT molecular complexity index is 832. The van der Waals surface area contributed by atoms with Crippen LogP contribution in [0.2, 0.25) is 0 Å². The van der Waals surface area contributed by atoms with Gasteiger partial charge in [-0.3, -0.25) is 4.79 Å². The van der Waals surface area contributed by atoms with Gasteiger partial charge in [-0.15, -0.1) is 0 Å². The van der Waals surface area contributed by atoms with Gasteiger partial charge in [-0.2, -0.15) is 4.98 Å². The van der Waals surface area contributed by atoms with Crippen LogP contribution in [0, 0.1) is 0 Å². The zero-order chi connectivity index (χ0) is 17.3. The highest BCUT2D eigenvalue weighted by atomic mass is 32.2. The fourth-order valence-corrected chi connectivity index (χ4v) is 2.68. The molecule has 3 rings (SSSR count). The molecule has 0 bridgehead atoms.